The van der Waals surface area contributed by atoms with Gasteiger partial charge in [0.15, 0.2) is 0 Å². The Hall–Kier alpha value is -1.18. The fraction of sp³-hybridized carbons (Fsp3) is 0.143. The van der Waals surface area contributed by atoms with E-state index in [4.69, 9.17) is 5.73 Å². The van der Waals surface area contributed by atoms with Crippen LogP contribution in [0.2, 0.25) is 0 Å². The van der Waals surface area contributed by atoms with Gasteiger partial charge in [-0.2, -0.15) is 0 Å². The molecule has 0 atom stereocenters. The molecule has 1 aromatic heterocycles. The number of nitrogen functional groups attached to an aromatic ring is 1. The average Bonchev–Trinajstić information content (AvgIpc) is 2.17. The number of allylic oxidation sites excluding steroid dienone is 1. The highest BCUT2D eigenvalue weighted by Crippen LogP contribution is 2.02. The van der Waals surface area contributed by atoms with Crippen LogP contribution in [-0.2, 0) is 6.42 Å². The van der Waals surface area contributed by atoms with E-state index in [1.165, 1.54) is 0 Å². The fourth-order valence-electron chi connectivity index (χ4n) is 0.734. The van der Waals surface area contributed by atoms with Crippen molar-refractivity contribution in [2.24, 2.45) is 0 Å². The number of hydrogen-bond donors (Lipinski definition) is 2. The minimum Gasteiger partial charge on any atom is -0.385 e. The quantitative estimate of drug-likeness (QED) is 0.571. The van der Waals surface area contributed by atoms with E-state index in [2.05, 4.69) is 11.6 Å². The number of H-pyrrole nitrogens is 1. The van der Waals surface area contributed by atoms with E-state index >= 15 is 0 Å². The molecule has 1 aromatic rings. The van der Waals surface area contributed by atoms with Crippen LogP contribution in [0.4, 0.5) is 5.82 Å². The van der Waals surface area contributed by atoms with Gasteiger partial charge < -0.3 is 10.7 Å². The molecule has 2 heteroatoms. The van der Waals surface area contributed by atoms with Gasteiger partial charge in [-0.25, -0.2) is 0 Å². The molecular weight excluding hydrogens is 112 g/mol. The molecule has 0 fully saturated rings. The Bertz CT molecular complexity index is 200. The van der Waals surface area contributed by atoms with E-state index in [1.54, 1.807) is 0 Å². The second kappa shape index (κ2) is 2.40. The molecule has 0 amide bonds. The van der Waals surface area contributed by atoms with Gasteiger partial charge in [0.1, 0.15) is 5.82 Å². The summed E-state index contributed by atoms with van der Waals surface area (Å²) in [7, 11) is 0. The van der Waals surface area contributed by atoms with Gasteiger partial charge in [0.2, 0.25) is 0 Å². The molecule has 0 unspecified atom stereocenters. The molecule has 0 saturated heterocycles. The molecular formula is C7H10N2. The molecule has 0 aromatic carbocycles. The maximum absolute atomic E-state index is 5.42. The lowest BCUT2D eigenvalue weighted by atomic mass is 10.3. The summed E-state index contributed by atoms with van der Waals surface area (Å²) < 4.78 is 0. The Morgan fingerprint density at radius 1 is 1.67 bits per heavy atom. The van der Waals surface area contributed by atoms with Gasteiger partial charge in [0, 0.05) is 12.1 Å². The SMILES string of the molecule is C=CCc1ccc(N)[nH]1. The second-order valence-electron chi connectivity index (χ2n) is 1.93. The number of nitrogens with one attached hydrogen (secondary N) is 1. The summed E-state index contributed by atoms with van der Waals surface area (Å²) in [5.41, 5.74) is 6.53. The molecule has 0 aliphatic heterocycles. The van der Waals surface area contributed by atoms with Gasteiger partial charge in [-0.05, 0) is 12.1 Å². The predicted octanol–water partition coefficient (Wildman–Crippen LogP) is 1.33. The topological polar surface area (TPSA) is 41.8 Å². The smallest absolute Gasteiger partial charge is 0.100 e. The maximum atomic E-state index is 5.42. The van der Waals surface area contributed by atoms with Gasteiger partial charge >= 0.3 is 0 Å². The van der Waals surface area contributed by atoms with Gasteiger partial charge in [-0.3, -0.25) is 0 Å². The Kier molecular flexibility index (Phi) is 1.58. The number of rotatable bonds is 2. The average molecular weight is 122 g/mol. The summed E-state index contributed by atoms with van der Waals surface area (Å²) in [4.78, 5) is 2.98. The van der Waals surface area contributed by atoms with Gasteiger partial charge in [-0.1, -0.05) is 6.08 Å². The molecule has 1 heterocycles. The fourth-order valence-corrected chi connectivity index (χ4v) is 0.734. The third-order valence-corrected chi connectivity index (χ3v) is 1.13. The maximum Gasteiger partial charge on any atom is 0.100 e. The van der Waals surface area contributed by atoms with Crippen molar-refractivity contribution in [2.75, 3.05) is 5.73 Å². The largest absolute Gasteiger partial charge is 0.385 e. The molecule has 0 bridgehead atoms. The lowest BCUT2D eigenvalue weighted by Crippen LogP contribution is -1.84. The molecule has 48 valence electrons. The van der Waals surface area contributed by atoms with Gasteiger partial charge in [0.05, 0.1) is 0 Å². The molecule has 0 aliphatic carbocycles. The van der Waals surface area contributed by atoms with E-state index in [-0.39, 0.29) is 0 Å². The lowest BCUT2D eigenvalue weighted by Gasteiger charge is -1.86. The third kappa shape index (κ3) is 1.35. The van der Waals surface area contributed by atoms with Gasteiger partial charge in [-0.15, -0.1) is 6.58 Å². The summed E-state index contributed by atoms with van der Waals surface area (Å²) in [6.07, 6.45) is 2.70. The van der Waals surface area contributed by atoms with Crippen LogP contribution in [0.3, 0.4) is 0 Å². The lowest BCUT2D eigenvalue weighted by molar-refractivity contribution is 1.16. The summed E-state index contributed by atoms with van der Waals surface area (Å²) >= 11 is 0. The Labute approximate surface area is 54.4 Å². The molecule has 0 aliphatic rings. The Balaban J connectivity index is 2.72. The zero-order valence-electron chi connectivity index (χ0n) is 5.22. The van der Waals surface area contributed by atoms with Crippen LogP contribution in [0, 0.1) is 0 Å². The van der Waals surface area contributed by atoms with E-state index in [9.17, 15) is 0 Å². The summed E-state index contributed by atoms with van der Waals surface area (Å²) in [6, 6.07) is 3.80. The van der Waals surface area contributed by atoms with Crippen molar-refractivity contribution < 1.29 is 0 Å². The first-order valence-corrected chi connectivity index (χ1v) is 2.87. The molecule has 1 rings (SSSR count). The highest BCUT2D eigenvalue weighted by Gasteiger charge is 1.89. The number of hydrogen-bond acceptors (Lipinski definition) is 1. The molecule has 9 heavy (non-hydrogen) atoms. The van der Waals surface area contributed by atoms with Crippen molar-refractivity contribution in [1.29, 1.82) is 0 Å². The number of aromatic amines is 1. The monoisotopic (exact) mass is 122 g/mol. The van der Waals surface area contributed by atoms with Crippen molar-refractivity contribution in [1.82, 2.24) is 4.98 Å². The van der Waals surface area contributed by atoms with E-state index in [1.807, 2.05) is 18.2 Å². The predicted molar refractivity (Wildman–Crippen MR) is 39.1 cm³/mol. The van der Waals surface area contributed by atoms with Crippen molar-refractivity contribution in [3.05, 3.63) is 30.5 Å². The van der Waals surface area contributed by atoms with Gasteiger partial charge in [0.25, 0.3) is 0 Å². The first-order chi connectivity index (χ1) is 4.33. The van der Waals surface area contributed by atoms with Crippen molar-refractivity contribution in [3.63, 3.8) is 0 Å². The van der Waals surface area contributed by atoms with Crippen LogP contribution >= 0.6 is 0 Å². The standard InChI is InChI=1S/C7H10N2/c1-2-3-6-4-5-7(8)9-6/h2,4-5,9H,1,3,8H2. The normalized spacial score (nSPS) is 9.33. The Morgan fingerprint density at radius 2 is 2.44 bits per heavy atom. The zero-order chi connectivity index (χ0) is 6.69. The minimum atomic E-state index is 0.715. The van der Waals surface area contributed by atoms with Crippen LogP contribution in [0.5, 0.6) is 0 Å². The number of aromatic nitrogens is 1. The summed E-state index contributed by atoms with van der Waals surface area (Å²) in [5.74, 6) is 0.715. The summed E-state index contributed by atoms with van der Waals surface area (Å²) in [6.45, 7) is 3.60. The molecule has 0 spiro atoms. The van der Waals surface area contributed by atoms with Crippen LogP contribution in [-0.4, -0.2) is 4.98 Å². The highest BCUT2D eigenvalue weighted by molar-refractivity contribution is 5.31. The first kappa shape index (κ1) is 5.95. The van der Waals surface area contributed by atoms with E-state index in [0.29, 0.717) is 5.82 Å². The molecule has 3 N–H and O–H groups in total. The second-order valence-corrected chi connectivity index (χ2v) is 1.93. The summed E-state index contributed by atoms with van der Waals surface area (Å²) in [5, 5.41) is 0. The van der Waals surface area contributed by atoms with Crippen LogP contribution in [0.25, 0.3) is 0 Å². The van der Waals surface area contributed by atoms with E-state index in [0.717, 1.165) is 12.1 Å². The Morgan fingerprint density at radius 3 is 2.89 bits per heavy atom. The molecule has 0 radical (unpaired) electrons. The third-order valence-electron chi connectivity index (χ3n) is 1.13. The number of anilines is 1. The van der Waals surface area contributed by atoms with Crippen molar-refractivity contribution in [3.8, 4) is 0 Å². The van der Waals surface area contributed by atoms with Crippen LogP contribution < -0.4 is 5.73 Å². The van der Waals surface area contributed by atoms with Crippen molar-refractivity contribution in [2.45, 2.75) is 6.42 Å². The number of nitrogens with two attached hydrogens (primary N) is 1. The zero-order valence-corrected chi connectivity index (χ0v) is 5.22. The van der Waals surface area contributed by atoms with Crippen molar-refractivity contribution >= 4 is 5.82 Å². The molecule has 2 nitrogen and oxygen atoms in total. The molecule has 0 saturated carbocycles. The minimum absolute atomic E-state index is 0.715. The highest BCUT2D eigenvalue weighted by atomic mass is 14.8. The van der Waals surface area contributed by atoms with Crippen LogP contribution in [0.1, 0.15) is 5.69 Å². The van der Waals surface area contributed by atoms with E-state index < -0.39 is 0 Å². The van der Waals surface area contributed by atoms with Crippen LogP contribution in [0.15, 0.2) is 24.8 Å². The first-order valence-electron chi connectivity index (χ1n) is 2.87.